The zero-order valence-electron chi connectivity index (χ0n) is 13.1. The highest BCUT2D eigenvalue weighted by Crippen LogP contribution is 2.26. The van der Waals surface area contributed by atoms with Crippen LogP contribution in [-0.4, -0.2) is 24.4 Å². The molecular formula is C17H25N3O2. The third-order valence-corrected chi connectivity index (χ3v) is 4.18. The average molecular weight is 303 g/mol. The number of carbonyl (C=O) groups is 2. The lowest BCUT2D eigenvalue weighted by molar-refractivity contribution is -0.122. The first-order valence-electron chi connectivity index (χ1n) is 7.99. The molecule has 120 valence electrons. The summed E-state index contributed by atoms with van der Waals surface area (Å²) < 4.78 is 0. The van der Waals surface area contributed by atoms with Gasteiger partial charge in [-0.25, -0.2) is 0 Å². The summed E-state index contributed by atoms with van der Waals surface area (Å²) in [5.41, 5.74) is 7.53. The van der Waals surface area contributed by atoms with Gasteiger partial charge in [0.2, 0.25) is 5.91 Å². The van der Waals surface area contributed by atoms with Crippen molar-refractivity contribution in [1.29, 1.82) is 0 Å². The lowest BCUT2D eigenvalue weighted by atomic mass is 10.00. The Labute approximate surface area is 131 Å². The topological polar surface area (TPSA) is 84.2 Å². The van der Waals surface area contributed by atoms with E-state index in [9.17, 15) is 9.59 Å². The van der Waals surface area contributed by atoms with Crippen molar-refractivity contribution in [3.8, 4) is 0 Å². The molecule has 0 unspecified atom stereocenters. The number of rotatable bonds is 6. The SMILES string of the molecule is CCNC(=O)c1cccc(CNC(=O)C[C@@H]2CCC[C@H]2N)c1. The van der Waals surface area contributed by atoms with Gasteiger partial charge in [-0.3, -0.25) is 9.59 Å². The molecule has 2 rings (SSSR count). The maximum absolute atomic E-state index is 12.0. The van der Waals surface area contributed by atoms with Crippen LogP contribution < -0.4 is 16.4 Å². The summed E-state index contributed by atoms with van der Waals surface area (Å²) >= 11 is 0. The molecule has 1 aliphatic carbocycles. The lowest BCUT2D eigenvalue weighted by Gasteiger charge is -2.15. The molecule has 0 saturated heterocycles. The van der Waals surface area contributed by atoms with Crippen LogP contribution in [0, 0.1) is 5.92 Å². The minimum absolute atomic E-state index is 0.0331. The van der Waals surface area contributed by atoms with Gasteiger partial charge in [0, 0.05) is 31.1 Å². The maximum atomic E-state index is 12.0. The summed E-state index contributed by atoms with van der Waals surface area (Å²) in [4.78, 5) is 23.8. The van der Waals surface area contributed by atoms with E-state index in [1.807, 2.05) is 25.1 Å². The molecule has 22 heavy (non-hydrogen) atoms. The predicted octanol–water partition coefficient (Wildman–Crippen LogP) is 1.57. The molecule has 0 spiro atoms. The predicted molar refractivity (Wildman–Crippen MR) is 86.2 cm³/mol. The Kier molecular flexibility index (Phi) is 5.95. The molecule has 5 nitrogen and oxygen atoms in total. The molecular weight excluding hydrogens is 278 g/mol. The van der Waals surface area contributed by atoms with Crippen molar-refractivity contribution >= 4 is 11.8 Å². The molecule has 2 amide bonds. The molecule has 2 atom stereocenters. The third kappa shape index (κ3) is 4.56. The van der Waals surface area contributed by atoms with E-state index < -0.39 is 0 Å². The van der Waals surface area contributed by atoms with E-state index >= 15 is 0 Å². The van der Waals surface area contributed by atoms with Gasteiger partial charge in [0.1, 0.15) is 0 Å². The molecule has 1 aromatic carbocycles. The van der Waals surface area contributed by atoms with Crippen molar-refractivity contribution in [2.24, 2.45) is 11.7 Å². The molecule has 1 saturated carbocycles. The first-order chi connectivity index (χ1) is 10.6. The summed E-state index contributed by atoms with van der Waals surface area (Å²) in [7, 11) is 0. The summed E-state index contributed by atoms with van der Waals surface area (Å²) in [5, 5.41) is 5.69. The van der Waals surface area contributed by atoms with Gasteiger partial charge in [-0.1, -0.05) is 18.6 Å². The molecule has 0 bridgehead atoms. The normalized spacial score (nSPS) is 20.6. The van der Waals surface area contributed by atoms with Gasteiger partial charge in [-0.15, -0.1) is 0 Å². The Balaban J connectivity index is 1.84. The molecule has 1 fully saturated rings. The second-order valence-electron chi connectivity index (χ2n) is 5.90. The Morgan fingerprint density at radius 2 is 2.09 bits per heavy atom. The monoisotopic (exact) mass is 303 g/mol. The number of amides is 2. The van der Waals surface area contributed by atoms with Crippen LogP contribution in [0.2, 0.25) is 0 Å². The van der Waals surface area contributed by atoms with Crippen LogP contribution in [0.1, 0.15) is 48.5 Å². The van der Waals surface area contributed by atoms with Crippen LogP contribution in [0.3, 0.4) is 0 Å². The third-order valence-electron chi connectivity index (χ3n) is 4.18. The van der Waals surface area contributed by atoms with Crippen LogP contribution in [0.25, 0.3) is 0 Å². The second-order valence-corrected chi connectivity index (χ2v) is 5.90. The molecule has 4 N–H and O–H groups in total. The quantitative estimate of drug-likeness (QED) is 0.746. The highest BCUT2D eigenvalue weighted by molar-refractivity contribution is 5.94. The van der Waals surface area contributed by atoms with E-state index in [4.69, 9.17) is 5.73 Å². The Morgan fingerprint density at radius 3 is 2.77 bits per heavy atom. The van der Waals surface area contributed by atoms with E-state index in [-0.39, 0.29) is 17.9 Å². The fraction of sp³-hybridized carbons (Fsp3) is 0.529. The summed E-state index contributed by atoms with van der Waals surface area (Å²) in [6.45, 7) is 2.92. The summed E-state index contributed by atoms with van der Waals surface area (Å²) in [6, 6.07) is 7.48. The van der Waals surface area contributed by atoms with E-state index in [0.717, 1.165) is 24.8 Å². The summed E-state index contributed by atoms with van der Waals surface area (Å²) in [6.07, 6.45) is 3.68. The number of hydrogen-bond acceptors (Lipinski definition) is 3. The van der Waals surface area contributed by atoms with Crippen molar-refractivity contribution < 1.29 is 9.59 Å². The molecule has 0 heterocycles. The van der Waals surface area contributed by atoms with Crippen LogP contribution in [0.5, 0.6) is 0 Å². The van der Waals surface area contributed by atoms with E-state index in [1.165, 1.54) is 0 Å². The van der Waals surface area contributed by atoms with E-state index in [0.29, 0.717) is 31.0 Å². The average Bonchev–Trinajstić information content (AvgIpc) is 2.91. The largest absolute Gasteiger partial charge is 0.352 e. The van der Waals surface area contributed by atoms with Crippen LogP contribution >= 0.6 is 0 Å². The molecule has 1 aromatic rings. The minimum atomic E-state index is -0.0902. The summed E-state index contributed by atoms with van der Waals surface area (Å²) in [5.74, 6) is 0.250. The highest BCUT2D eigenvalue weighted by Gasteiger charge is 2.25. The Morgan fingerprint density at radius 1 is 1.27 bits per heavy atom. The van der Waals surface area contributed by atoms with Gasteiger partial charge in [-0.05, 0) is 43.4 Å². The van der Waals surface area contributed by atoms with Gasteiger partial charge < -0.3 is 16.4 Å². The fourth-order valence-corrected chi connectivity index (χ4v) is 2.92. The van der Waals surface area contributed by atoms with Crippen LogP contribution in [0.15, 0.2) is 24.3 Å². The van der Waals surface area contributed by atoms with Crippen molar-refractivity contribution in [2.45, 2.75) is 45.2 Å². The molecule has 5 heteroatoms. The molecule has 0 aliphatic heterocycles. The second kappa shape index (κ2) is 7.94. The van der Waals surface area contributed by atoms with Gasteiger partial charge in [0.15, 0.2) is 0 Å². The van der Waals surface area contributed by atoms with Crippen molar-refractivity contribution in [3.63, 3.8) is 0 Å². The van der Waals surface area contributed by atoms with Crippen LogP contribution in [-0.2, 0) is 11.3 Å². The Bertz CT molecular complexity index is 530. The number of hydrogen-bond donors (Lipinski definition) is 3. The lowest BCUT2D eigenvalue weighted by Crippen LogP contribution is -2.31. The molecule has 1 aliphatic rings. The van der Waals surface area contributed by atoms with Crippen LogP contribution in [0.4, 0.5) is 0 Å². The number of nitrogens with two attached hydrogens (primary N) is 1. The number of benzene rings is 1. The van der Waals surface area contributed by atoms with E-state index in [2.05, 4.69) is 10.6 Å². The smallest absolute Gasteiger partial charge is 0.251 e. The molecule has 0 aromatic heterocycles. The van der Waals surface area contributed by atoms with Gasteiger partial charge in [-0.2, -0.15) is 0 Å². The number of nitrogens with one attached hydrogen (secondary N) is 2. The van der Waals surface area contributed by atoms with Crippen molar-refractivity contribution in [2.75, 3.05) is 6.54 Å². The zero-order chi connectivity index (χ0) is 15.9. The highest BCUT2D eigenvalue weighted by atomic mass is 16.2. The van der Waals surface area contributed by atoms with Gasteiger partial charge in [0.25, 0.3) is 5.91 Å². The molecule has 0 radical (unpaired) electrons. The first-order valence-corrected chi connectivity index (χ1v) is 7.99. The van der Waals surface area contributed by atoms with Crippen molar-refractivity contribution in [3.05, 3.63) is 35.4 Å². The van der Waals surface area contributed by atoms with Crippen molar-refractivity contribution in [1.82, 2.24) is 10.6 Å². The standard InChI is InChI=1S/C17H25N3O2/c1-2-19-17(22)14-7-3-5-12(9-14)11-20-16(21)10-13-6-4-8-15(13)18/h3,5,7,9,13,15H,2,4,6,8,10-11,18H2,1H3,(H,19,22)(H,20,21)/t13-,15+/m0/s1. The zero-order valence-corrected chi connectivity index (χ0v) is 13.1. The Hall–Kier alpha value is -1.88. The maximum Gasteiger partial charge on any atom is 0.251 e. The minimum Gasteiger partial charge on any atom is -0.352 e. The fourth-order valence-electron chi connectivity index (χ4n) is 2.92. The number of carbonyl (C=O) groups excluding carboxylic acids is 2. The van der Waals surface area contributed by atoms with Gasteiger partial charge >= 0.3 is 0 Å². The first kappa shape index (κ1) is 16.5. The van der Waals surface area contributed by atoms with Gasteiger partial charge in [0.05, 0.1) is 0 Å². The van der Waals surface area contributed by atoms with E-state index in [1.54, 1.807) is 6.07 Å².